The molecular formula is C17H19FN2O. The van der Waals surface area contributed by atoms with Crippen LogP contribution in [0, 0.1) is 19.7 Å². The number of halogens is 1. The molecule has 0 aliphatic heterocycles. The van der Waals surface area contributed by atoms with Crippen molar-refractivity contribution in [2.45, 2.75) is 26.8 Å². The number of carbonyl (C=O) groups excluding carboxylic acids is 1. The van der Waals surface area contributed by atoms with Gasteiger partial charge in [0.15, 0.2) is 0 Å². The molecule has 2 N–H and O–H groups in total. The Labute approximate surface area is 124 Å². The number of benzene rings is 2. The predicted octanol–water partition coefficient (Wildman–Crippen LogP) is 3.88. The third-order valence-corrected chi connectivity index (χ3v) is 3.27. The van der Waals surface area contributed by atoms with Crippen LogP contribution in [0.25, 0.3) is 0 Å². The number of carbonyl (C=O) groups is 1. The molecule has 0 bridgehead atoms. The second-order valence-electron chi connectivity index (χ2n) is 5.19. The maximum Gasteiger partial charge on any atom is 0.246 e. The SMILES string of the molecule is Cc1ccc(NC(=O)C(C)Nc2ccc(C)c(F)c2)cc1. The lowest BCUT2D eigenvalue weighted by Gasteiger charge is -2.15. The molecule has 0 aliphatic carbocycles. The Morgan fingerprint density at radius 2 is 1.67 bits per heavy atom. The average Bonchev–Trinajstić information content (AvgIpc) is 2.45. The van der Waals surface area contributed by atoms with Crippen LogP contribution in [-0.2, 0) is 4.79 Å². The van der Waals surface area contributed by atoms with Crippen LogP contribution in [0.5, 0.6) is 0 Å². The van der Waals surface area contributed by atoms with Gasteiger partial charge in [0.25, 0.3) is 0 Å². The van der Waals surface area contributed by atoms with Crippen molar-refractivity contribution in [3.8, 4) is 0 Å². The Morgan fingerprint density at radius 1 is 1.05 bits per heavy atom. The smallest absolute Gasteiger partial charge is 0.246 e. The summed E-state index contributed by atoms with van der Waals surface area (Å²) in [6.07, 6.45) is 0. The van der Waals surface area contributed by atoms with E-state index in [4.69, 9.17) is 0 Å². The molecule has 0 spiro atoms. The first-order valence-electron chi connectivity index (χ1n) is 6.86. The Kier molecular flexibility index (Phi) is 4.58. The topological polar surface area (TPSA) is 41.1 Å². The average molecular weight is 286 g/mol. The van der Waals surface area contributed by atoms with Gasteiger partial charge in [0.1, 0.15) is 11.9 Å². The van der Waals surface area contributed by atoms with Gasteiger partial charge in [-0.2, -0.15) is 0 Å². The summed E-state index contributed by atoms with van der Waals surface area (Å²) in [6, 6.07) is 11.9. The number of aryl methyl sites for hydroxylation is 2. The van der Waals surface area contributed by atoms with Crippen molar-refractivity contribution in [1.29, 1.82) is 0 Å². The molecule has 0 saturated heterocycles. The van der Waals surface area contributed by atoms with Crippen LogP contribution < -0.4 is 10.6 Å². The van der Waals surface area contributed by atoms with Gasteiger partial charge in [-0.05, 0) is 50.6 Å². The molecule has 0 aliphatic rings. The Morgan fingerprint density at radius 3 is 2.29 bits per heavy atom. The second kappa shape index (κ2) is 6.39. The maximum atomic E-state index is 13.5. The summed E-state index contributed by atoms with van der Waals surface area (Å²) in [6.45, 7) is 5.43. The first-order valence-corrected chi connectivity index (χ1v) is 6.86. The highest BCUT2D eigenvalue weighted by Gasteiger charge is 2.13. The number of hydrogen-bond donors (Lipinski definition) is 2. The fourth-order valence-corrected chi connectivity index (χ4v) is 1.89. The van der Waals surface area contributed by atoms with Crippen molar-refractivity contribution in [3.05, 3.63) is 59.4 Å². The molecule has 3 nitrogen and oxygen atoms in total. The third kappa shape index (κ3) is 4.05. The van der Waals surface area contributed by atoms with Gasteiger partial charge >= 0.3 is 0 Å². The highest BCUT2D eigenvalue weighted by molar-refractivity contribution is 5.96. The van der Waals surface area contributed by atoms with Crippen molar-refractivity contribution >= 4 is 17.3 Å². The Bertz CT molecular complexity index is 638. The first-order chi connectivity index (χ1) is 9.95. The molecule has 1 amide bonds. The summed E-state index contributed by atoms with van der Waals surface area (Å²) in [5.41, 5.74) is 3.05. The van der Waals surface area contributed by atoms with Crippen molar-refractivity contribution in [3.63, 3.8) is 0 Å². The zero-order valence-corrected chi connectivity index (χ0v) is 12.4. The fraction of sp³-hybridized carbons (Fsp3) is 0.235. The van der Waals surface area contributed by atoms with Crippen LogP contribution in [0.2, 0.25) is 0 Å². The Hall–Kier alpha value is -2.36. The van der Waals surface area contributed by atoms with E-state index < -0.39 is 6.04 Å². The summed E-state index contributed by atoms with van der Waals surface area (Å²) in [4.78, 5) is 12.1. The first kappa shape index (κ1) is 15.0. The quantitative estimate of drug-likeness (QED) is 0.895. The number of nitrogens with one attached hydrogen (secondary N) is 2. The van der Waals surface area contributed by atoms with E-state index in [2.05, 4.69) is 10.6 Å². The fourth-order valence-electron chi connectivity index (χ4n) is 1.89. The van der Waals surface area contributed by atoms with E-state index >= 15 is 0 Å². The molecular weight excluding hydrogens is 267 g/mol. The summed E-state index contributed by atoms with van der Waals surface area (Å²) in [5, 5.41) is 5.81. The summed E-state index contributed by atoms with van der Waals surface area (Å²) >= 11 is 0. The van der Waals surface area contributed by atoms with Crippen molar-refractivity contribution in [2.75, 3.05) is 10.6 Å². The summed E-state index contributed by atoms with van der Waals surface area (Å²) in [5.74, 6) is -0.453. The number of rotatable bonds is 4. The minimum atomic E-state index is -0.464. The monoisotopic (exact) mass is 286 g/mol. The largest absolute Gasteiger partial charge is 0.374 e. The van der Waals surface area contributed by atoms with E-state index in [-0.39, 0.29) is 11.7 Å². The zero-order valence-electron chi connectivity index (χ0n) is 12.4. The Balaban J connectivity index is 1.98. The molecule has 0 fully saturated rings. The molecule has 2 aromatic carbocycles. The highest BCUT2D eigenvalue weighted by Crippen LogP contribution is 2.15. The third-order valence-electron chi connectivity index (χ3n) is 3.27. The lowest BCUT2D eigenvalue weighted by atomic mass is 10.2. The van der Waals surface area contributed by atoms with Crippen LogP contribution >= 0.6 is 0 Å². The molecule has 0 heterocycles. The minimum absolute atomic E-state index is 0.167. The lowest BCUT2D eigenvalue weighted by Crippen LogP contribution is -2.31. The molecule has 0 saturated carbocycles. The normalized spacial score (nSPS) is 11.8. The molecule has 0 radical (unpaired) electrons. The predicted molar refractivity (Wildman–Crippen MR) is 84.0 cm³/mol. The molecule has 2 aromatic rings. The molecule has 110 valence electrons. The van der Waals surface area contributed by atoms with Gasteiger partial charge in [-0.3, -0.25) is 4.79 Å². The van der Waals surface area contributed by atoms with E-state index in [0.29, 0.717) is 11.3 Å². The molecule has 1 unspecified atom stereocenters. The highest BCUT2D eigenvalue weighted by atomic mass is 19.1. The standard InChI is InChI=1S/C17H19FN2O/c1-11-4-7-14(8-5-11)20-17(21)13(3)19-15-9-6-12(2)16(18)10-15/h4-10,13,19H,1-3H3,(H,20,21). The zero-order chi connectivity index (χ0) is 15.4. The van der Waals surface area contributed by atoms with Gasteiger partial charge < -0.3 is 10.6 Å². The van der Waals surface area contributed by atoms with Gasteiger partial charge in [0.05, 0.1) is 0 Å². The van der Waals surface area contributed by atoms with Crippen LogP contribution in [0.15, 0.2) is 42.5 Å². The van der Waals surface area contributed by atoms with E-state index in [9.17, 15) is 9.18 Å². The van der Waals surface area contributed by atoms with Gasteiger partial charge in [-0.1, -0.05) is 23.8 Å². The van der Waals surface area contributed by atoms with Gasteiger partial charge in [-0.25, -0.2) is 4.39 Å². The van der Waals surface area contributed by atoms with E-state index in [0.717, 1.165) is 11.3 Å². The van der Waals surface area contributed by atoms with Gasteiger partial charge in [0, 0.05) is 11.4 Å². The second-order valence-corrected chi connectivity index (χ2v) is 5.19. The molecule has 0 aromatic heterocycles. The maximum absolute atomic E-state index is 13.5. The minimum Gasteiger partial charge on any atom is -0.374 e. The summed E-state index contributed by atoms with van der Waals surface area (Å²) in [7, 11) is 0. The van der Waals surface area contributed by atoms with Crippen LogP contribution in [0.4, 0.5) is 15.8 Å². The summed E-state index contributed by atoms with van der Waals surface area (Å²) < 4.78 is 13.5. The van der Waals surface area contributed by atoms with Crippen LogP contribution in [0.1, 0.15) is 18.1 Å². The number of anilines is 2. The van der Waals surface area contributed by atoms with Crippen LogP contribution in [-0.4, -0.2) is 11.9 Å². The van der Waals surface area contributed by atoms with E-state index in [1.807, 2.05) is 31.2 Å². The van der Waals surface area contributed by atoms with Crippen LogP contribution in [0.3, 0.4) is 0 Å². The molecule has 2 rings (SSSR count). The number of hydrogen-bond acceptors (Lipinski definition) is 2. The van der Waals surface area contributed by atoms with Gasteiger partial charge in [-0.15, -0.1) is 0 Å². The van der Waals surface area contributed by atoms with E-state index in [1.54, 1.807) is 26.0 Å². The lowest BCUT2D eigenvalue weighted by molar-refractivity contribution is -0.116. The molecule has 4 heteroatoms. The van der Waals surface area contributed by atoms with Crippen molar-refractivity contribution < 1.29 is 9.18 Å². The number of amides is 1. The van der Waals surface area contributed by atoms with Crippen molar-refractivity contribution in [1.82, 2.24) is 0 Å². The van der Waals surface area contributed by atoms with Crippen molar-refractivity contribution in [2.24, 2.45) is 0 Å². The van der Waals surface area contributed by atoms with Gasteiger partial charge in [0.2, 0.25) is 5.91 Å². The molecule has 21 heavy (non-hydrogen) atoms. The molecule has 1 atom stereocenters. The van der Waals surface area contributed by atoms with E-state index in [1.165, 1.54) is 6.07 Å².